The zero-order chi connectivity index (χ0) is 15.1. The Morgan fingerprint density at radius 2 is 2.05 bits per heavy atom. The van der Waals surface area contributed by atoms with Crippen LogP contribution in [0.15, 0.2) is 41.9 Å². The van der Waals surface area contributed by atoms with E-state index in [1.807, 2.05) is 37.3 Å². The van der Waals surface area contributed by atoms with Crippen molar-refractivity contribution in [3.05, 3.63) is 47.5 Å². The van der Waals surface area contributed by atoms with Gasteiger partial charge in [-0.05, 0) is 12.5 Å². The maximum absolute atomic E-state index is 12.2. The van der Waals surface area contributed by atoms with Crippen molar-refractivity contribution in [1.29, 1.82) is 0 Å². The minimum atomic E-state index is -0.229. The molecule has 0 aliphatic heterocycles. The standard InChI is InChI=1S/C15H17N3O2S/c1-2-18(11-13(19)17-15-16-8-9-21-15)14(20)10-12-6-4-3-5-7-12/h3-9H,2,10-11H2,1H3,(H,16,17,19). The summed E-state index contributed by atoms with van der Waals surface area (Å²) in [5.74, 6) is -0.286. The van der Waals surface area contributed by atoms with Crippen LogP contribution in [-0.2, 0) is 16.0 Å². The molecule has 2 aromatic rings. The molecule has 2 rings (SSSR count). The van der Waals surface area contributed by atoms with Gasteiger partial charge >= 0.3 is 0 Å². The Balaban J connectivity index is 1.89. The lowest BCUT2D eigenvalue weighted by Crippen LogP contribution is -2.38. The van der Waals surface area contributed by atoms with E-state index < -0.39 is 0 Å². The van der Waals surface area contributed by atoms with E-state index in [4.69, 9.17) is 0 Å². The number of aromatic nitrogens is 1. The van der Waals surface area contributed by atoms with Crippen LogP contribution in [-0.4, -0.2) is 34.8 Å². The predicted molar refractivity (Wildman–Crippen MR) is 83.1 cm³/mol. The molecule has 0 bridgehead atoms. The van der Waals surface area contributed by atoms with Crippen molar-refractivity contribution in [2.24, 2.45) is 0 Å². The Kier molecular flexibility index (Phi) is 5.45. The molecule has 0 aliphatic rings. The van der Waals surface area contributed by atoms with Gasteiger partial charge in [-0.2, -0.15) is 0 Å². The van der Waals surface area contributed by atoms with Gasteiger partial charge in [-0.15, -0.1) is 11.3 Å². The van der Waals surface area contributed by atoms with Gasteiger partial charge in [-0.3, -0.25) is 9.59 Å². The van der Waals surface area contributed by atoms with Gasteiger partial charge in [0.15, 0.2) is 5.13 Å². The average molecular weight is 303 g/mol. The molecule has 1 aromatic heterocycles. The molecule has 0 unspecified atom stereocenters. The van der Waals surface area contributed by atoms with Crippen LogP contribution in [0.5, 0.6) is 0 Å². The minimum Gasteiger partial charge on any atom is -0.333 e. The van der Waals surface area contributed by atoms with Crippen molar-refractivity contribution in [1.82, 2.24) is 9.88 Å². The number of nitrogens with one attached hydrogen (secondary N) is 1. The lowest BCUT2D eigenvalue weighted by molar-refractivity contribution is -0.133. The van der Waals surface area contributed by atoms with Gasteiger partial charge in [-0.1, -0.05) is 30.3 Å². The summed E-state index contributed by atoms with van der Waals surface area (Å²) in [7, 11) is 0. The van der Waals surface area contributed by atoms with Crippen molar-refractivity contribution < 1.29 is 9.59 Å². The van der Waals surface area contributed by atoms with E-state index >= 15 is 0 Å². The van der Waals surface area contributed by atoms with E-state index in [1.165, 1.54) is 16.2 Å². The summed E-state index contributed by atoms with van der Waals surface area (Å²) >= 11 is 1.35. The van der Waals surface area contributed by atoms with Crippen LogP contribution >= 0.6 is 11.3 Å². The number of carbonyl (C=O) groups excluding carboxylic acids is 2. The Bertz CT molecular complexity index is 584. The maximum Gasteiger partial charge on any atom is 0.245 e. The highest BCUT2D eigenvalue weighted by Gasteiger charge is 2.16. The van der Waals surface area contributed by atoms with Crippen LogP contribution in [0.1, 0.15) is 12.5 Å². The summed E-state index contributed by atoms with van der Waals surface area (Å²) in [6, 6.07) is 9.51. The van der Waals surface area contributed by atoms with Crippen molar-refractivity contribution >= 4 is 28.3 Å². The van der Waals surface area contributed by atoms with Crippen LogP contribution in [0, 0.1) is 0 Å². The van der Waals surface area contributed by atoms with Crippen LogP contribution in [0.3, 0.4) is 0 Å². The fraction of sp³-hybridized carbons (Fsp3) is 0.267. The van der Waals surface area contributed by atoms with E-state index in [0.29, 0.717) is 18.1 Å². The van der Waals surface area contributed by atoms with Gasteiger partial charge in [0, 0.05) is 18.1 Å². The Morgan fingerprint density at radius 1 is 1.29 bits per heavy atom. The third kappa shape index (κ3) is 4.68. The first-order chi connectivity index (χ1) is 10.2. The molecule has 0 atom stereocenters. The second-order valence-electron chi connectivity index (χ2n) is 4.46. The van der Waals surface area contributed by atoms with Crippen LogP contribution in [0.2, 0.25) is 0 Å². The molecule has 0 fully saturated rings. The number of benzene rings is 1. The van der Waals surface area contributed by atoms with Gasteiger partial charge in [0.1, 0.15) is 0 Å². The third-order valence-corrected chi connectivity index (χ3v) is 3.63. The number of rotatable bonds is 6. The Morgan fingerprint density at radius 3 is 2.67 bits per heavy atom. The third-order valence-electron chi connectivity index (χ3n) is 2.95. The first kappa shape index (κ1) is 15.2. The van der Waals surface area contributed by atoms with E-state index in [1.54, 1.807) is 11.6 Å². The summed E-state index contributed by atoms with van der Waals surface area (Å²) in [4.78, 5) is 29.6. The SMILES string of the molecule is CCN(CC(=O)Nc1nccs1)C(=O)Cc1ccccc1. The first-order valence-electron chi connectivity index (χ1n) is 6.70. The van der Waals surface area contributed by atoms with E-state index in [-0.39, 0.29) is 18.4 Å². The smallest absolute Gasteiger partial charge is 0.245 e. The molecular formula is C15H17N3O2S. The number of hydrogen-bond acceptors (Lipinski definition) is 4. The van der Waals surface area contributed by atoms with Gasteiger partial charge in [-0.25, -0.2) is 4.98 Å². The predicted octanol–water partition coefficient (Wildman–Crippen LogP) is 2.17. The van der Waals surface area contributed by atoms with E-state index in [9.17, 15) is 9.59 Å². The maximum atomic E-state index is 12.2. The Hall–Kier alpha value is -2.21. The number of thiazole rings is 1. The molecule has 110 valence electrons. The van der Waals surface area contributed by atoms with Gasteiger partial charge in [0.05, 0.1) is 13.0 Å². The lowest BCUT2D eigenvalue weighted by atomic mass is 10.1. The van der Waals surface area contributed by atoms with E-state index in [0.717, 1.165) is 5.56 Å². The summed E-state index contributed by atoms with van der Waals surface area (Å²) < 4.78 is 0. The van der Waals surface area contributed by atoms with Crippen LogP contribution < -0.4 is 5.32 Å². The Labute approximate surface area is 127 Å². The fourth-order valence-electron chi connectivity index (χ4n) is 1.88. The summed E-state index contributed by atoms with van der Waals surface area (Å²) in [5, 5.41) is 5.01. The zero-order valence-electron chi connectivity index (χ0n) is 11.8. The molecule has 21 heavy (non-hydrogen) atoms. The molecule has 1 aromatic carbocycles. The van der Waals surface area contributed by atoms with Gasteiger partial charge in [0.25, 0.3) is 0 Å². The average Bonchev–Trinajstić information content (AvgIpc) is 2.98. The zero-order valence-corrected chi connectivity index (χ0v) is 12.6. The molecule has 6 heteroatoms. The summed E-state index contributed by atoms with van der Waals surface area (Å²) in [5.41, 5.74) is 0.946. The molecule has 0 aliphatic carbocycles. The quantitative estimate of drug-likeness (QED) is 0.889. The molecule has 5 nitrogen and oxygen atoms in total. The van der Waals surface area contributed by atoms with Crippen molar-refractivity contribution in [2.75, 3.05) is 18.4 Å². The number of amides is 2. The van der Waals surface area contributed by atoms with E-state index in [2.05, 4.69) is 10.3 Å². The highest BCUT2D eigenvalue weighted by molar-refractivity contribution is 7.13. The number of carbonyl (C=O) groups is 2. The molecule has 1 N–H and O–H groups in total. The minimum absolute atomic E-state index is 0.0434. The molecule has 2 amide bonds. The second kappa shape index (κ2) is 7.54. The number of nitrogens with zero attached hydrogens (tertiary/aromatic N) is 2. The molecule has 0 radical (unpaired) electrons. The topological polar surface area (TPSA) is 62.3 Å². The lowest BCUT2D eigenvalue weighted by Gasteiger charge is -2.20. The number of likely N-dealkylation sites (N-methyl/N-ethyl adjacent to an activating group) is 1. The number of hydrogen-bond donors (Lipinski definition) is 1. The van der Waals surface area contributed by atoms with Gasteiger partial charge in [0.2, 0.25) is 11.8 Å². The fourth-order valence-corrected chi connectivity index (χ4v) is 2.42. The normalized spacial score (nSPS) is 10.1. The second-order valence-corrected chi connectivity index (χ2v) is 5.35. The molecule has 0 saturated carbocycles. The van der Waals surface area contributed by atoms with Gasteiger partial charge < -0.3 is 10.2 Å². The highest BCUT2D eigenvalue weighted by Crippen LogP contribution is 2.10. The van der Waals surface area contributed by atoms with Crippen molar-refractivity contribution in [3.8, 4) is 0 Å². The highest BCUT2D eigenvalue weighted by atomic mass is 32.1. The van der Waals surface area contributed by atoms with Crippen LogP contribution in [0.4, 0.5) is 5.13 Å². The first-order valence-corrected chi connectivity index (χ1v) is 7.58. The summed E-state index contributed by atoms with van der Waals surface area (Å²) in [6.45, 7) is 2.40. The molecular weight excluding hydrogens is 286 g/mol. The largest absolute Gasteiger partial charge is 0.333 e. The van der Waals surface area contributed by atoms with Crippen LogP contribution in [0.25, 0.3) is 0 Å². The molecule has 1 heterocycles. The molecule has 0 saturated heterocycles. The number of anilines is 1. The van der Waals surface area contributed by atoms with Crippen molar-refractivity contribution in [2.45, 2.75) is 13.3 Å². The molecule has 0 spiro atoms. The monoisotopic (exact) mass is 303 g/mol. The van der Waals surface area contributed by atoms with Crippen molar-refractivity contribution in [3.63, 3.8) is 0 Å². The summed E-state index contributed by atoms with van der Waals surface area (Å²) in [6.07, 6.45) is 1.93.